The first-order valence-corrected chi connectivity index (χ1v) is 9.48. The van der Waals surface area contributed by atoms with Crippen LogP contribution in [0.2, 0.25) is 0 Å². The molecule has 0 spiro atoms. The van der Waals surface area contributed by atoms with Gasteiger partial charge in [-0.1, -0.05) is 46.6 Å². The minimum atomic E-state index is -0.504. The molecule has 1 fully saturated rings. The van der Waals surface area contributed by atoms with Gasteiger partial charge in [0.1, 0.15) is 5.75 Å². The van der Waals surface area contributed by atoms with Gasteiger partial charge in [-0.25, -0.2) is 9.80 Å². The lowest BCUT2D eigenvalue weighted by atomic mass is 9.77. The molecule has 1 aliphatic rings. The van der Waals surface area contributed by atoms with Gasteiger partial charge in [0.05, 0.1) is 0 Å². The molecular formula is C20H31N3O3. The van der Waals surface area contributed by atoms with Gasteiger partial charge in [-0.05, 0) is 30.9 Å². The van der Waals surface area contributed by atoms with Crippen molar-refractivity contribution in [2.45, 2.75) is 53.4 Å². The number of carbonyl (C=O) groups is 2. The molecule has 2 rings (SSSR count). The molecule has 0 aliphatic carbocycles. The number of hydrogen-bond acceptors (Lipinski definition) is 4. The van der Waals surface area contributed by atoms with Crippen molar-refractivity contribution >= 4 is 17.7 Å². The molecule has 0 aromatic heterocycles. The zero-order chi connectivity index (χ0) is 19.2. The van der Waals surface area contributed by atoms with E-state index in [0.717, 1.165) is 32.4 Å². The molecule has 1 aromatic rings. The summed E-state index contributed by atoms with van der Waals surface area (Å²) in [6.07, 6.45) is 3.78. The van der Waals surface area contributed by atoms with Gasteiger partial charge in [0.2, 0.25) is 5.91 Å². The predicted molar refractivity (Wildman–Crippen MR) is 103 cm³/mol. The summed E-state index contributed by atoms with van der Waals surface area (Å²) in [5.41, 5.74) is 2.90. The van der Waals surface area contributed by atoms with Crippen LogP contribution in [0.3, 0.4) is 0 Å². The zero-order valence-corrected chi connectivity index (χ0v) is 16.3. The van der Waals surface area contributed by atoms with E-state index < -0.39 is 11.5 Å². The van der Waals surface area contributed by atoms with Crippen LogP contribution in [0.5, 0.6) is 5.75 Å². The second kappa shape index (κ2) is 9.03. The van der Waals surface area contributed by atoms with E-state index >= 15 is 0 Å². The quantitative estimate of drug-likeness (QED) is 0.797. The Balaban J connectivity index is 1.94. The largest absolute Gasteiger partial charge is 0.427 e. The van der Waals surface area contributed by atoms with Crippen LogP contribution in [-0.2, 0) is 4.79 Å². The fraction of sp³-hybridized carbons (Fsp3) is 0.600. The smallest absolute Gasteiger partial charge is 0.409 e. The van der Waals surface area contributed by atoms with E-state index in [2.05, 4.69) is 24.6 Å². The van der Waals surface area contributed by atoms with Crippen molar-refractivity contribution < 1.29 is 14.3 Å². The minimum absolute atomic E-state index is 0.0400. The number of hydrazine groups is 1. The molecule has 26 heavy (non-hydrogen) atoms. The molecule has 1 aliphatic heterocycles. The summed E-state index contributed by atoms with van der Waals surface area (Å²) in [6, 6.07) is 6.92. The Labute approximate surface area is 156 Å². The molecule has 0 radical (unpaired) electrons. The first-order valence-electron chi connectivity index (χ1n) is 9.48. The molecule has 6 heteroatoms. The third-order valence-electron chi connectivity index (χ3n) is 5.34. The van der Waals surface area contributed by atoms with Gasteiger partial charge < -0.3 is 10.1 Å². The Hall–Kier alpha value is -2.08. The summed E-state index contributed by atoms with van der Waals surface area (Å²) in [7, 11) is 0. The minimum Gasteiger partial charge on any atom is -0.409 e. The highest BCUT2D eigenvalue weighted by molar-refractivity contribution is 5.95. The van der Waals surface area contributed by atoms with Gasteiger partial charge in [-0.3, -0.25) is 10.2 Å². The zero-order valence-electron chi connectivity index (χ0n) is 16.3. The van der Waals surface area contributed by atoms with E-state index in [4.69, 9.17) is 4.74 Å². The van der Waals surface area contributed by atoms with Crippen molar-refractivity contribution in [2.75, 3.05) is 18.4 Å². The number of nitrogens with zero attached hydrogens (tertiary/aromatic N) is 1. The van der Waals surface area contributed by atoms with Crippen LogP contribution in [0.25, 0.3) is 0 Å². The maximum atomic E-state index is 12.6. The number of benzene rings is 1. The number of amides is 2. The highest BCUT2D eigenvalue weighted by Gasteiger charge is 2.32. The normalized spacial score (nSPS) is 16.6. The highest BCUT2D eigenvalue weighted by Crippen LogP contribution is 2.31. The van der Waals surface area contributed by atoms with E-state index in [9.17, 15) is 9.59 Å². The Bertz CT molecular complexity index is 624. The molecule has 1 atom stereocenters. The summed E-state index contributed by atoms with van der Waals surface area (Å²) in [5.74, 6) is 0.623. The molecule has 1 aromatic carbocycles. The number of hydrogen-bond donors (Lipinski definition) is 2. The van der Waals surface area contributed by atoms with Gasteiger partial charge in [0.15, 0.2) is 0 Å². The summed E-state index contributed by atoms with van der Waals surface area (Å²) < 4.78 is 5.35. The van der Waals surface area contributed by atoms with E-state index in [1.807, 2.05) is 18.9 Å². The number of ether oxygens (including phenoxy) is 1. The average molecular weight is 361 g/mol. The fourth-order valence-corrected chi connectivity index (χ4v) is 2.93. The first kappa shape index (κ1) is 20.2. The molecule has 1 saturated heterocycles. The Kier molecular flexibility index (Phi) is 7.03. The molecule has 144 valence electrons. The van der Waals surface area contributed by atoms with Gasteiger partial charge >= 0.3 is 6.09 Å². The molecule has 1 unspecified atom stereocenters. The standard InChI is InChI=1S/C20H31N3O3/c1-5-15(2)20(3,4)18(24)21-16-10-9-11-17(14-16)26-19(25)22-23-12-7-6-8-13-23/h9-11,14-15H,5-8,12-13H2,1-4H3,(H,21,24)(H,22,25). The summed E-state index contributed by atoms with van der Waals surface area (Å²) in [6.45, 7) is 9.73. The number of piperidine rings is 1. The molecule has 1 heterocycles. The van der Waals surface area contributed by atoms with E-state index in [1.54, 1.807) is 24.3 Å². The lowest BCUT2D eigenvalue weighted by molar-refractivity contribution is -0.126. The lowest BCUT2D eigenvalue weighted by Crippen LogP contribution is -2.46. The number of anilines is 1. The van der Waals surface area contributed by atoms with E-state index in [1.165, 1.54) is 6.42 Å². The topological polar surface area (TPSA) is 70.7 Å². The van der Waals surface area contributed by atoms with Crippen molar-refractivity contribution in [3.05, 3.63) is 24.3 Å². The molecule has 2 amide bonds. The van der Waals surface area contributed by atoms with Crippen LogP contribution >= 0.6 is 0 Å². The second-order valence-corrected chi connectivity index (χ2v) is 7.56. The lowest BCUT2D eigenvalue weighted by Gasteiger charge is -2.29. The summed E-state index contributed by atoms with van der Waals surface area (Å²) in [4.78, 5) is 24.6. The van der Waals surface area contributed by atoms with Gasteiger partial charge in [0, 0.05) is 30.3 Å². The van der Waals surface area contributed by atoms with Crippen molar-refractivity contribution in [3.63, 3.8) is 0 Å². The number of nitrogens with one attached hydrogen (secondary N) is 2. The third kappa shape index (κ3) is 5.46. The van der Waals surface area contributed by atoms with Crippen LogP contribution in [0.4, 0.5) is 10.5 Å². The Morgan fingerprint density at radius 1 is 1.23 bits per heavy atom. The predicted octanol–water partition coefficient (Wildman–Crippen LogP) is 4.19. The summed E-state index contributed by atoms with van der Waals surface area (Å²) >= 11 is 0. The molecule has 6 nitrogen and oxygen atoms in total. The number of rotatable bonds is 6. The van der Waals surface area contributed by atoms with Crippen LogP contribution < -0.4 is 15.5 Å². The first-order chi connectivity index (χ1) is 12.3. The van der Waals surface area contributed by atoms with Gasteiger partial charge in [-0.2, -0.15) is 0 Å². The van der Waals surface area contributed by atoms with Gasteiger partial charge in [0.25, 0.3) is 0 Å². The van der Waals surface area contributed by atoms with Crippen molar-refractivity contribution in [1.29, 1.82) is 0 Å². The van der Waals surface area contributed by atoms with E-state index in [0.29, 0.717) is 11.4 Å². The SMILES string of the molecule is CCC(C)C(C)(C)C(=O)Nc1cccc(OC(=O)NN2CCCCC2)c1. The Morgan fingerprint density at radius 3 is 2.58 bits per heavy atom. The van der Waals surface area contributed by atoms with Crippen molar-refractivity contribution in [3.8, 4) is 5.75 Å². The summed E-state index contributed by atoms with van der Waals surface area (Å²) in [5, 5.41) is 4.81. The maximum Gasteiger partial charge on any atom is 0.427 e. The third-order valence-corrected chi connectivity index (χ3v) is 5.34. The fourth-order valence-electron chi connectivity index (χ4n) is 2.93. The molecule has 2 N–H and O–H groups in total. The highest BCUT2D eigenvalue weighted by atomic mass is 16.6. The van der Waals surface area contributed by atoms with Crippen LogP contribution in [0.1, 0.15) is 53.4 Å². The Morgan fingerprint density at radius 2 is 1.92 bits per heavy atom. The van der Waals surface area contributed by atoms with Crippen molar-refractivity contribution in [2.24, 2.45) is 11.3 Å². The van der Waals surface area contributed by atoms with Crippen LogP contribution in [0.15, 0.2) is 24.3 Å². The van der Waals surface area contributed by atoms with Gasteiger partial charge in [-0.15, -0.1) is 0 Å². The molecule has 0 saturated carbocycles. The molecule has 0 bridgehead atoms. The average Bonchev–Trinajstić information content (AvgIpc) is 2.61. The van der Waals surface area contributed by atoms with Crippen molar-refractivity contribution in [1.82, 2.24) is 10.4 Å². The number of carbonyl (C=O) groups excluding carboxylic acids is 2. The molecular weight excluding hydrogens is 330 g/mol. The monoisotopic (exact) mass is 361 g/mol. The van der Waals surface area contributed by atoms with Crippen LogP contribution in [-0.4, -0.2) is 30.1 Å². The maximum absolute atomic E-state index is 12.6. The second-order valence-electron chi connectivity index (χ2n) is 7.56. The van der Waals surface area contributed by atoms with E-state index in [-0.39, 0.29) is 11.8 Å². The van der Waals surface area contributed by atoms with Crippen LogP contribution in [0, 0.1) is 11.3 Å².